The van der Waals surface area contributed by atoms with Crippen LogP contribution in [-0.2, 0) is 4.79 Å². The molecule has 0 radical (unpaired) electrons. The van der Waals surface area contributed by atoms with E-state index in [0.717, 1.165) is 0 Å². The van der Waals surface area contributed by atoms with Crippen molar-refractivity contribution < 1.29 is 14.7 Å². The van der Waals surface area contributed by atoms with Crippen LogP contribution in [0.3, 0.4) is 0 Å². The van der Waals surface area contributed by atoms with Crippen LogP contribution in [0.25, 0.3) is 0 Å². The fourth-order valence-corrected chi connectivity index (χ4v) is 3.17. The van der Waals surface area contributed by atoms with E-state index in [2.05, 4.69) is 15.0 Å². The lowest BCUT2D eigenvalue weighted by Gasteiger charge is -2.18. The number of hydrogen-bond donors (Lipinski definition) is 1. The van der Waals surface area contributed by atoms with E-state index in [9.17, 15) is 14.7 Å². The molecule has 26 heavy (non-hydrogen) atoms. The lowest BCUT2D eigenvalue weighted by molar-refractivity contribution is -0.141. The third-order valence-electron chi connectivity index (χ3n) is 4.59. The SMILES string of the molecule is Cc1nc(N(C)C)ncc1C(=O)N1C[C@@H](C(=O)O)[C@H](c2ccccn2)C1. The maximum atomic E-state index is 12.9. The molecule has 0 bridgehead atoms. The summed E-state index contributed by atoms with van der Waals surface area (Å²) in [4.78, 5) is 40.7. The van der Waals surface area contributed by atoms with E-state index in [4.69, 9.17) is 0 Å². The molecule has 2 atom stereocenters. The molecule has 0 aromatic carbocycles. The van der Waals surface area contributed by atoms with Crippen LogP contribution in [0.5, 0.6) is 0 Å². The first-order chi connectivity index (χ1) is 12.4. The summed E-state index contributed by atoms with van der Waals surface area (Å²) < 4.78 is 0. The van der Waals surface area contributed by atoms with Crippen LogP contribution in [-0.4, -0.2) is 64.0 Å². The number of anilines is 1. The summed E-state index contributed by atoms with van der Waals surface area (Å²) in [5.74, 6) is -1.67. The predicted octanol–water partition coefficient (Wildman–Crippen LogP) is 1.19. The van der Waals surface area contributed by atoms with Crippen molar-refractivity contribution in [1.82, 2.24) is 19.9 Å². The molecule has 3 heterocycles. The van der Waals surface area contributed by atoms with E-state index in [1.54, 1.807) is 35.1 Å². The fourth-order valence-electron chi connectivity index (χ4n) is 3.17. The minimum atomic E-state index is -0.924. The number of aryl methyl sites for hydroxylation is 1. The number of nitrogens with zero attached hydrogens (tertiary/aromatic N) is 5. The number of carbonyl (C=O) groups excluding carboxylic acids is 1. The number of pyridine rings is 1. The van der Waals surface area contributed by atoms with E-state index in [0.29, 0.717) is 29.4 Å². The van der Waals surface area contributed by atoms with Crippen LogP contribution in [0, 0.1) is 12.8 Å². The molecule has 2 aromatic rings. The molecule has 0 spiro atoms. The standard InChI is InChI=1S/C18H21N5O3/c1-11-12(8-20-18(21-11)22(2)3)16(24)23-9-13(14(10-23)17(25)26)15-6-4-5-7-19-15/h4-8,13-14H,9-10H2,1-3H3,(H,25,26)/t13-,14-/m1/s1. The van der Waals surface area contributed by atoms with Crippen molar-refractivity contribution in [2.45, 2.75) is 12.8 Å². The second kappa shape index (κ2) is 7.07. The van der Waals surface area contributed by atoms with Gasteiger partial charge in [0.05, 0.1) is 17.2 Å². The number of aromatic nitrogens is 3. The van der Waals surface area contributed by atoms with E-state index < -0.39 is 11.9 Å². The molecule has 0 unspecified atom stereocenters. The van der Waals surface area contributed by atoms with Crippen molar-refractivity contribution in [2.75, 3.05) is 32.1 Å². The number of carboxylic acids is 1. The Labute approximate surface area is 151 Å². The molecule has 0 aliphatic carbocycles. The molecule has 1 amide bonds. The average Bonchev–Trinajstić information content (AvgIpc) is 3.07. The number of hydrogen-bond acceptors (Lipinski definition) is 6. The number of carbonyl (C=O) groups is 2. The summed E-state index contributed by atoms with van der Waals surface area (Å²) >= 11 is 0. The van der Waals surface area contributed by atoms with Gasteiger partial charge < -0.3 is 14.9 Å². The maximum absolute atomic E-state index is 12.9. The second-order valence-corrected chi connectivity index (χ2v) is 6.58. The Balaban J connectivity index is 1.86. The quantitative estimate of drug-likeness (QED) is 0.879. The van der Waals surface area contributed by atoms with Crippen molar-refractivity contribution in [3.05, 3.63) is 47.5 Å². The first kappa shape index (κ1) is 17.8. The molecule has 1 N–H and O–H groups in total. The molecule has 8 nitrogen and oxygen atoms in total. The minimum Gasteiger partial charge on any atom is -0.481 e. The lowest BCUT2D eigenvalue weighted by Crippen LogP contribution is -2.31. The van der Waals surface area contributed by atoms with Gasteiger partial charge in [0.15, 0.2) is 0 Å². The minimum absolute atomic E-state index is 0.143. The molecule has 0 saturated carbocycles. The summed E-state index contributed by atoms with van der Waals surface area (Å²) in [6.07, 6.45) is 3.14. The van der Waals surface area contributed by atoms with E-state index >= 15 is 0 Å². The summed E-state index contributed by atoms with van der Waals surface area (Å²) in [6.45, 7) is 2.20. The van der Waals surface area contributed by atoms with Crippen LogP contribution in [0.15, 0.2) is 30.6 Å². The third kappa shape index (κ3) is 3.35. The van der Waals surface area contributed by atoms with Crippen LogP contribution in [0.4, 0.5) is 5.95 Å². The first-order valence-electron chi connectivity index (χ1n) is 8.32. The van der Waals surface area contributed by atoms with Crippen molar-refractivity contribution in [3.8, 4) is 0 Å². The van der Waals surface area contributed by atoms with Crippen molar-refractivity contribution >= 4 is 17.8 Å². The molecule has 1 saturated heterocycles. The van der Waals surface area contributed by atoms with Gasteiger partial charge in [-0.15, -0.1) is 0 Å². The number of carboxylic acid groups (broad SMARTS) is 1. The Morgan fingerprint density at radius 1 is 1.23 bits per heavy atom. The van der Waals surface area contributed by atoms with Gasteiger partial charge in [0.1, 0.15) is 0 Å². The van der Waals surface area contributed by atoms with Gasteiger partial charge in [-0.1, -0.05) is 6.07 Å². The molecular formula is C18H21N5O3. The summed E-state index contributed by atoms with van der Waals surface area (Å²) in [5, 5.41) is 9.57. The summed E-state index contributed by atoms with van der Waals surface area (Å²) in [6, 6.07) is 5.41. The van der Waals surface area contributed by atoms with E-state index in [1.165, 1.54) is 6.20 Å². The highest BCUT2D eigenvalue weighted by molar-refractivity contribution is 5.95. The molecule has 1 aliphatic rings. The number of likely N-dealkylation sites (tertiary alicyclic amines) is 1. The normalized spacial score (nSPS) is 19.4. The van der Waals surface area contributed by atoms with Crippen LogP contribution < -0.4 is 4.90 Å². The van der Waals surface area contributed by atoms with Crippen molar-refractivity contribution in [2.24, 2.45) is 5.92 Å². The molecule has 8 heteroatoms. The highest BCUT2D eigenvalue weighted by Crippen LogP contribution is 2.32. The smallest absolute Gasteiger partial charge is 0.309 e. The van der Waals surface area contributed by atoms with E-state index in [-0.39, 0.29) is 18.4 Å². The predicted molar refractivity (Wildman–Crippen MR) is 95.1 cm³/mol. The van der Waals surface area contributed by atoms with Crippen LogP contribution >= 0.6 is 0 Å². The molecule has 1 aliphatic heterocycles. The zero-order valence-electron chi connectivity index (χ0n) is 15.0. The topological polar surface area (TPSA) is 99.5 Å². The molecular weight excluding hydrogens is 334 g/mol. The number of amides is 1. The zero-order valence-corrected chi connectivity index (χ0v) is 15.0. The first-order valence-corrected chi connectivity index (χ1v) is 8.32. The second-order valence-electron chi connectivity index (χ2n) is 6.58. The highest BCUT2D eigenvalue weighted by Gasteiger charge is 2.41. The third-order valence-corrected chi connectivity index (χ3v) is 4.59. The Kier molecular flexibility index (Phi) is 4.83. The zero-order chi connectivity index (χ0) is 18.8. The van der Waals surface area contributed by atoms with Gasteiger partial charge in [-0.25, -0.2) is 9.97 Å². The number of aliphatic carboxylic acids is 1. The van der Waals surface area contributed by atoms with Gasteiger partial charge in [-0.2, -0.15) is 0 Å². The Morgan fingerprint density at radius 2 is 2.00 bits per heavy atom. The molecule has 136 valence electrons. The van der Waals surface area contributed by atoms with Gasteiger partial charge in [0.2, 0.25) is 5.95 Å². The van der Waals surface area contributed by atoms with Gasteiger partial charge in [-0.05, 0) is 19.1 Å². The van der Waals surface area contributed by atoms with Crippen LogP contribution in [0.1, 0.15) is 27.7 Å². The molecule has 3 rings (SSSR count). The van der Waals surface area contributed by atoms with Crippen LogP contribution in [0.2, 0.25) is 0 Å². The number of rotatable bonds is 4. The Morgan fingerprint density at radius 3 is 2.58 bits per heavy atom. The van der Waals surface area contributed by atoms with Gasteiger partial charge in [0, 0.05) is 51.2 Å². The maximum Gasteiger partial charge on any atom is 0.309 e. The highest BCUT2D eigenvalue weighted by atomic mass is 16.4. The van der Waals surface area contributed by atoms with E-state index in [1.807, 2.05) is 20.2 Å². The van der Waals surface area contributed by atoms with Gasteiger partial charge >= 0.3 is 5.97 Å². The van der Waals surface area contributed by atoms with Crippen molar-refractivity contribution in [3.63, 3.8) is 0 Å². The Bertz CT molecular complexity index is 825. The largest absolute Gasteiger partial charge is 0.481 e. The van der Waals surface area contributed by atoms with Gasteiger partial charge in [-0.3, -0.25) is 14.6 Å². The molecule has 1 fully saturated rings. The summed E-state index contributed by atoms with van der Waals surface area (Å²) in [7, 11) is 3.65. The average molecular weight is 355 g/mol. The lowest BCUT2D eigenvalue weighted by atomic mass is 9.93. The van der Waals surface area contributed by atoms with Crippen molar-refractivity contribution in [1.29, 1.82) is 0 Å². The fraction of sp³-hybridized carbons (Fsp3) is 0.389. The molecule has 2 aromatic heterocycles. The Hall–Kier alpha value is -3.03. The monoisotopic (exact) mass is 355 g/mol. The summed E-state index contributed by atoms with van der Waals surface area (Å²) in [5.41, 5.74) is 1.65. The van der Waals surface area contributed by atoms with Gasteiger partial charge in [0.25, 0.3) is 5.91 Å².